The van der Waals surface area contributed by atoms with Crippen LogP contribution in [0.3, 0.4) is 0 Å². The van der Waals surface area contributed by atoms with Crippen LogP contribution in [0.2, 0.25) is 0 Å². The van der Waals surface area contributed by atoms with Gasteiger partial charge >= 0.3 is 58.2 Å². The molecule has 0 amide bonds. The molecule has 1 aliphatic rings. The Labute approximate surface area is 151 Å². The average molecular weight is 299 g/mol. The minimum Gasteiger partial charge on any atom is -0.627 e. The number of hydrogen-bond donors (Lipinski definition) is 2. The molecule has 0 aromatic carbocycles. The second-order valence-electron chi connectivity index (χ2n) is 3.53. The van der Waals surface area contributed by atoms with Crippen molar-refractivity contribution in [1.29, 1.82) is 0 Å². The smallest absolute Gasteiger partial charge is 0.627 e. The summed E-state index contributed by atoms with van der Waals surface area (Å²) in [5.41, 5.74) is 11.5. The predicted octanol–water partition coefficient (Wildman–Crippen LogP) is 0.485. The second-order valence-corrected chi connectivity index (χ2v) is 3.53. The first-order valence-corrected chi connectivity index (χ1v) is 5.65. The van der Waals surface area contributed by atoms with Gasteiger partial charge in [0, 0.05) is 0 Å². The Bertz CT molecular complexity index is 181. The molecule has 1 unspecified atom stereocenters. The van der Waals surface area contributed by atoms with Crippen LogP contribution >= 0.6 is 0 Å². The van der Waals surface area contributed by atoms with E-state index in [0.29, 0.717) is 5.92 Å². The van der Waals surface area contributed by atoms with Gasteiger partial charge in [0.25, 0.3) is 0 Å². The molecule has 0 spiro atoms. The van der Waals surface area contributed by atoms with Gasteiger partial charge in [0.1, 0.15) is 0 Å². The molecule has 3 nitrogen and oxygen atoms in total. The van der Waals surface area contributed by atoms with Crippen molar-refractivity contribution in [3.63, 3.8) is 0 Å². The second kappa shape index (κ2) is 14.2. The van der Waals surface area contributed by atoms with Gasteiger partial charge in [-0.1, -0.05) is 40.0 Å². The minimum atomic E-state index is 0. The van der Waals surface area contributed by atoms with E-state index in [1.165, 1.54) is 25.7 Å². The molecule has 16 heavy (non-hydrogen) atoms. The third kappa shape index (κ3) is 8.23. The zero-order chi connectivity index (χ0) is 11.0. The van der Waals surface area contributed by atoms with E-state index in [1.54, 1.807) is 0 Å². The van der Waals surface area contributed by atoms with Gasteiger partial charge in [-0.3, -0.25) is 0 Å². The fourth-order valence-corrected chi connectivity index (χ4v) is 1.64. The zero-order valence-electron chi connectivity index (χ0n) is 11.7. The summed E-state index contributed by atoms with van der Waals surface area (Å²) in [5, 5.41) is 0. The van der Waals surface area contributed by atoms with Gasteiger partial charge in [0.05, 0.1) is 0 Å². The van der Waals surface area contributed by atoms with E-state index < -0.39 is 0 Å². The third-order valence-electron chi connectivity index (χ3n) is 2.57. The molecule has 4 N–H and O–H groups in total. The average Bonchev–Trinajstić information content (AvgIpc) is 2.23. The van der Waals surface area contributed by atoms with Gasteiger partial charge in [-0.05, 0) is 24.5 Å². The van der Waals surface area contributed by atoms with Crippen molar-refractivity contribution in [2.45, 2.75) is 52.9 Å². The summed E-state index contributed by atoms with van der Waals surface area (Å²) in [6, 6.07) is 0. The number of allylic oxidation sites excluding steroid dienone is 2. The van der Waals surface area contributed by atoms with E-state index in [4.69, 9.17) is 11.6 Å². The summed E-state index contributed by atoms with van der Waals surface area (Å²) in [5.74, 6) is 5.71. The molecule has 0 bridgehead atoms. The van der Waals surface area contributed by atoms with Crippen LogP contribution in [0.1, 0.15) is 52.9 Å². The van der Waals surface area contributed by atoms with Crippen LogP contribution in [0, 0.1) is 13.3 Å². The predicted molar refractivity (Wildman–Crippen MR) is 68.8 cm³/mol. The Morgan fingerprint density at radius 1 is 1.19 bits per heavy atom. The Kier molecular flexibility index (Phi) is 19.7. The SMILES string of the molecule is CC.CC1CCCCC/C([N-]N)=C\1N.[CH3-].[Rb+]. The van der Waals surface area contributed by atoms with E-state index >= 15 is 0 Å². The summed E-state index contributed by atoms with van der Waals surface area (Å²) < 4.78 is 0. The minimum absolute atomic E-state index is 0. The molecule has 0 radical (unpaired) electrons. The number of hydrogen-bond acceptors (Lipinski definition) is 2. The Morgan fingerprint density at radius 3 is 2.25 bits per heavy atom. The molecule has 92 valence electrons. The van der Waals surface area contributed by atoms with E-state index in [9.17, 15) is 0 Å². The summed E-state index contributed by atoms with van der Waals surface area (Å²) in [6.45, 7) is 6.14. The van der Waals surface area contributed by atoms with E-state index in [2.05, 4.69) is 12.3 Å². The molecule has 0 fully saturated rings. The van der Waals surface area contributed by atoms with E-state index in [1.807, 2.05) is 13.8 Å². The maximum Gasteiger partial charge on any atom is 1.00 e. The van der Waals surface area contributed by atoms with Crippen molar-refractivity contribution in [2.75, 3.05) is 0 Å². The molecule has 4 heteroatoms. The molecule has 1 aliphatic carbocycles. The standard InChI is InChI=1S/C9H18N3.C2H6.CH3.Rb/c1-7-5-3-2-4-6-8(12-11)9(7)10;1-2;;/h7H,2-6,10-11H2,1H3;1-2H3;1H3;/q-1;;-1;+1/b9-8-;;;. The zero-order valence-corrected chi connectivity index (χ0v) is 16.6. The molecule has 1 atom stereocenters. The number of nitrogens with zero attached hydrogens (tertiary/aromatic N) is 1. The van der Waals surface area contributed by atoms with Crippen molar-refractivity contribution in [2.24, 2.45) is 17.5 Å². The van der Waals surface area contributed by atoms with Gasteiger partial charge in [0.15, 0.2) is 0 Å². The van der Waals surface area contributed by atoms with Crippen LogP contribution in [-0.4, -0.2) is 0 Å². The maximum atomic E-state index is 5.91. The van der Waals surface area contributed by atoms with Gasteiger partial charge in [-0.25, -0.2) is 0 Å². The van der Waals surface area contributed by atoms with Gasteiger partial charge in [-0.2, -0.15) is 0 Å². The molecule has 0 heterocycles. The van der Waals surface area contributed by atoms with Crippen LogP contribution < -0.4 is 69.8 Å². The summed E-state index contributed by atoms with van der Waals surface area (Å²) in [6.07, 6.45) is 5.84. The fourth-order valence-electron chi connectivity index (χ4n) is 1.64. The first-order valence-electron chi connectivity index (χ1n) is 5.65. The molecular weight excluding hydrogens is 272 g/mol. The van der Waals surface area contributed by atoms with Crippen molar-refractivity contribution < 1.29 is 58.2 Å². The Hall–Kier alpha value is 1.11. The Balaban J connectivity index is -0.000000399. The molecule has 0 saturated carbocycles. The van der Waals surface area contributed by atoms with Crippen LogP contribution in [0.5, 0.6) is 0 Å². The molecule has 0 saturated heterocycles. The van der Waals surface area contributed by atoms with E-state index in [0.717, 1.165) is 17.8 Å². The van der Waals surface area contributed by atoms with Crippen molar-refractivity contribution in [3.05, 3.63) is 24.2 Å². The van der Waals surface area contributed by atoms with Crippen LogP contribution in [-0.2, 0) is 0 Å². The molecule has 0 aliphatic heterocycles. The molecule has 0 aromatic rings. The normalized spacial score (nSPS) is 24.6. The van der Waals surface area contributed by atoms with Gasteiger partial charge < -0.3 is 24.4 Å². The molecular formula is C12H27N3Rb-. The van der Waals surface area contributed by atoms with Crippen LogP contribution in [0.15, 0.2) is 11.4 Å². The monoisotopic (exact) mass is 298 g/mol. The quantitative estimate of drug-likeness (QED) is 0.420. The fraction of sp³-hybridized carbons (Fsp3) is 0.750. The topological polar surface area (TPSA) is 66.1 Å². The third-order valence-corrected chi connectivity index (χ3v) is 2.57. The van der Waals surface area contributed by atoms with E-state index in [-0.39, 0.29) is 65.6 Å². The Morgan fingerprint density at radius 2 is 1.75 bits per heavy atom. The summed E-state index contributed by atoms with van der Waals surface area (Å²) >= 11 is 0. The molecule has 0 aromatic heterocycles. The number of nitrogens with two attached hydrogens (primary N) is 2. The number of rotatable bonds is 1. The van der Waals surface area contributed by atoms with Crippen molar-refractivity contribution in [1.82, 2.24) is 0 Å². The van der Waals surface area contributed by atoms with Gasteiger partial charge in [-0.15, -0.1) is 5.70 Å². The van der Waals surface area contributed by atoms with Crippen LogP contribution in [0.25, 0.3) is 5.43 Å². The van der Waals surface area contributed by atoms with Crippen molar-refractivity contribution in [3.8, 4) is 0 Å². The summed E-state index contributed by atoms with van der Waals surface area (Å²) in [4.78, 5) is 0. The first-order chi connectivity index (χ1) is 6.75. The molecule has 1 rings (SSSR count). The largest absolute Gasteiger partial charge is 1.00 e. The van der Waals surface area contributed by atoms with Crippen molar-refractivity contribution >= 4 is 0 Å². The first kappa shape index (κ1) is 22.3. The summed E-state index contributed by atoms with van der Waals surface area (Å²) in [7, 11) is 0. The van der Waals surface area contributed by atoms with Gasteiger partial charge in [0.2, 0.25) is 0 Å². The maximum absolute atomic E-state index is 5.91. The van der Waals surface area contributed by atoms with Crippen LogP contribution in [0.4, 0.5) is 0 Å².